The SMILES string of the molecule is O=C(Nc1ccc(F)cc1C#CCO)NC1CCOC1. The molecule has 5 nitrogen and oxygen atoms in total. The molecule has 1 fully saturated rings. The van der Waals surface area contributed by atoms with Gasteiger partial charge in [0.05, 0.1) is 23.9 Å². The summed E-state index contributed by atoms with van der Waals surface area (Å²) in [7, 11) is 0. The second-order valence-corrected chi connectivity index (χ2v) is 4.31. The molecule has 1 aromatic carbocycles. The van der Waals surface area contributed by atoms with Crippen molar-refractivity contribution in [3.05, 3.63) is 29.6 Å². The number of carbonyl (C=O) groups excluding carboxylic acids is 1. The molecule has 1 atom stereocenters. The lowest BCUT2D eigenvalue weighted by atomic mass is 10.1. The maximum Gasteiger partial charge on any atom is 0.319 e. The molecule has 0 spiro atoms. The molecule has 0 aromatic heterocycles. The highest BCUT2D eigenvalue weighted by atomic mass is 19.1. The molecule has 2 amide bonds. The van der Waals surface area contributed by atoms with Crippen molar-refractivity contribution in [1.29, 1.82) is 0 Å². The van der Waals surface area contributed by atoms with E-state index < -0.39 is 5.82 Å². The van der Waals surface area contributed by atoms with Gasteiger partial charge in [-0.25, -0.2) is 9.18 Å². The predicted octanol–water partition coefficient (Wildman–Crippen LogP) is 1.08. The van der Waals surface area contributed by atoms with E-state index in [1.54, 1.807) is 0 Å². The van der Waals surface area contributed by atoms with Crippen LogP contribution in [0.15, 0.2) is 18.2 Å². The number of amides is 2. The fourth-order valence-electron chi connectivity index (χ4n) is 1.86. The number of urea groups is 1. The minimum atomic E-state index is -0.456. The number of anilines is 1. The number of hydrogen-bond donors (Lipinski definition) is 3. The maximum absolute atomic E-state index is 13.2. The molecule has 1 aliphatic heterocycles. The summed E-state index contributed by atoms with van der Waals surface area (Å²) < 4.78 is 18.3. The molecule has 1 unspecified atom stereocenters. The van der Waals surface area contributed by atoms with Crippen LogP contribution in [0.4, 0.5) is 14.9 Å². The first-order chi connectivity index (χ1) is 9.69. The van der Waals surface area contributed by atoms with Crippen LogP contribution in [0.3, 0.4) is 0 Å². The van der Waals surface area contributed by atoms with Gasteiger partial charge in [0, 0.05) is 6.61 Å². The number of aliphatic hydroxyl groups excluding tert-OH is 1. The van der Waals surface area contributed by atoms with E-state index in [1.807, 2.05) is 0 Å². The zero-order chi connectivity index (χ0) is 14.4. The van der Waals surface area contributed by atoms with Crippen LogP contribution < -0.4 is 10.6 Å². The molecular weight excluding hydrogens is 263 g/mol. The van der Waals surface area contributed by atoms with E-state index in [0.29, 0.717) is 24.5 Å². The summed E-state index contributed by atoms with van der Waals surface area (Å²) in [6.45, 7) is 0.796. The van der Waals surface area contributed by atoms with Crippen molar-refractivity contribution in [3.8, 4) is 11.8 Å². The van der Waals surface area contributed by atoms with Gasteiger partial charge in [0.25, 0.3) is 0 Å². The standard InChI is InChI=1S/C14H15FN2O3/c15-11-3-4-13(10(8-11)2-1-6-18)17-14(19)16-12-5-7-20-9-12/h3-4,8,12,18H,5-7,9H2,(H2,16,17,19). The summed E-state index contributed by atoms with van der Waals surface area (Å²) in [4.78, 5) is 11.8. The lowest BCUT2D eigenvalue weighted by Crippen LogP contribution is -2.38. The number of aliphatic hydroxyl groups is 1. The largest absolute Gasteiger partial charge is 0.384 e. The van der Waals surface area contributed by atoms with Crippen LogP contribution in [0, 0.1) is 17.7 Å². The molecule has 106 valence electrons. The van der Waals surface area contributed by atoms with E-state index in [4.69, 9.17) is 9.84 Å². The molecule has 1 saturated heterocycles. The Hall–Kier alpha value is -2.10. The molecule has 3 N–H and O–H groups in total. The van der Waals surface area contributed by atoms with E-state index in [0.717, 1.165) is 6.42 Å². The lowest BCUT2D eigenvalue weighted by Gasteiger charge is -2.13. The van der Waals surface area contributed by atoms with Crippen LogP contribution in [-0.4, -0.2) is 37.0 Å². The van der Waals surface area contributed by atoms with Crippen LogP contribution in [0.5, 0.6) is 0 Å². The molecule has 0 bridgehead atoms. The summed E-state index contributed by atoms with van der Waals surface area (Å²) >= 11 is 0. The molecule has 0 radical (unpaired) electrons. The Bertz CT molecular complexity index is 545. The Morgan fingerprint density at radius 2 is 2.40 bits per heavy atom. The van der Waals surface area contributed by atoms with Crippen LogP contribution in [0.1, 0.15) is 12.0 Å². The smallest absolute Gasteiger partial charge is 0.319 e. The number of halogens is 1. The Labute approximate surface area is 116 Å². The average Bonchev–Trinajstić information content (AvgIpc) is 2.91. The van der Waals surface area contributed by atoms with Gasteiger partial charge in [0.2, 0.25) is 0 Å². The van der Waals surface area contributed by atoms with Crippen LogP contribution in [0.2, 0.25) is 0 Å². The van der Waals surface area contributed by atoms with Crippen molar-refractivity contribution < 1.29 is 19.0 Å². The molecular formula is C14H15FN2O3. The summed E-state index contributed by atoms with van der Waals surface area (Å²) in [6, 6.07) is 3.47. The number of ether oxygens (including phenoxy) is 1. The van der Waals surface area contributed by atoms with Gasteiger partial charge in [-0.2, -0.15) is 0 Å². The number of rotatable bonds is 2. The molecule has 20 heavy (non-hydrogen) atoms. The van der Waals surface area contributed by atoms with E-state index >= 15 is 0 Å². The van der Waals surface area contributed by atoms with E-state index in [2.05, 4.69) is 22.5 Å². The van der Waals surface area contributed by atoms with Gasteiger partial charge in [-0.1, -0.05) is 11.8 Å². The van der Waals surface area contributed by atoms with Gasteiger partial charge in [-0.3, -0.25) is 0 Å². The van der Waals surface area contributed by atoms with Crippen LogP contribution in [-0.2, 0) is 4.74 Å². The minimum absolute atomic E-state index is 0.0116. The van der Waals surface area contributed by atoms with Gasteiger partial charge in [-0.05, 0) is 24.6 Å². The monoisotopic (exact) mass is 278 g/mol. The van der Waals surface area contributed by atoms with Crippen LogP contribution in [0.25, 0.3) is 0 Å². The molecule has 1 aromatic rings. The van der Waals surface area contributed by atoms with E-state index in [9.17, 15) is 9.18 Å². The fraction of sp³-hybridized carbons (Fsp3) is 0.357. The first-order valence-electron chi connectivity index (χ1n) is 6.23. The molecule has 0 aliphatic carbocycles. The van der Waals surface area contributed by atoms with Gasteiger partial charge in [-0.15, -0.1) is 0 Å². The fourth-order valence-corrected chi connectivity index (χ4v) is 1.86. The predicted molar refractivity (Wildman–Crippen MR) is 71.7 cm³/mol. The van der Waals surface area contributed by atoms with Crippen molar-refractivity contribution in [2.75, 3.05) is 25.1 Å². The molecule has 1 aliphatic rings. The topological polar surface area (TPSA) is 70.6 Å². The van der Waals surface area contributed by atoms with E-state index in [-0.39, 0.29) is 18.7 Å². The summed E-state index contributed by atoms with van der Waals surface area (Å²) in [5.41, 5.74) is 0.709. The average molecular weight is 278 g/mol. The first kappa shape index (κ1) is 14.3. The Kier molecular flexibility index (Phi) is 4.93. The highest BCUT2D eigenvalue weighted by Crippen LogP contribution is 2.16. The maximum atomic E-state index is 13.2. The second kappa shape index (κ2) is 6.89. The third-order valence-electron chi connectivity index (χ3n) is 2.80. The number of carbonyl (C=O) groups is 1. The zero-order valence-electron chi connectivity index (χ0n) is 10.8. The number of benzene rings is 1. The zero-order valence-corrected chi connectivity index (χ0v) is 10.8. The summed E-state index contributed by atoms with van der Waals surface area (Å²) in [6.07, 6.45) is 0.772. The highest BCUT2D eigenvalue weighted by Gasteiger charge is 2.18. The van der Waals surface area contributed by atoms with Gasteiger partial charge in [0.1, 0.15) is 12.4 Å². The van der Waals surface area contributed by atoms with Gasteiger partial charge < -0.3 is 20.5 Å². The third-order valence-corrected chi connectivity index (χ3v) is 2.80. The van der Waals surface area contributed by atoms with Crippen molar-refractivity contribution in [2.45, 2.75) is 12.5 Å². The number of nitrogens with one attached hydrogen (secondary N) is 2. The van der Waals surface area contributed by atoms with Gasteiger partial charge >= 0.3 is 6.03 Å². The Morgan fingerprint density at radius 3 is 3.10 bits per heavy atom. The first-order valence-corrected chi connectivity index (χ1v) is 6.23. The quantitative estimate of drug-likeness (QED) is 0.709. The van der Waals surface area contributed by atoms with Crippen molar-refractivity contribution in [3.63, 3.8) is 0 Å². The summed E-state index contributed by atoms with van der Waals surface area (Å²) in [5, 5.41) is 14.1. The Balaban J connectivity index is 2.05. The van der Waals surface area contributed by atoms with E-state index in [1.165, 1.54) is 18.2 Å². The second-order valence-electron chi connectivity index (χ2n) is 4.31. The lowest BCUT2D eigenvalue weighted by molar-refractivity contribution is 0.189. The minimum Gasteiger partial charge on any atom is -0.384 e. The summed E-state index contributed by atoms with van der Waals surface area (Å²) in [5.74, 6) is 4.57. The number of hydrogen-bond acceptors (Lipinski definition) is 3. The van der Waals surface area contributed by atoms with Crippen molar-refractivity contribution in [1.82, 2.24) is 5.32 Å². The van der Waals surface area contributed by atoms with Crippen LogP contribution >= 0.6 is 0 Å². The van der Waals surface area contributed by atoms with Gasteiger partial charge in [0.15, 0.2) is 0 Å². The van der Waals surface area contributed by atoms with Crippen molar-refractivity contribution >= 4 is 11.7 Å². The molecule has 2 rings (SSSR count). The molecule has 0 saturated carbocycles. The Morgan fingerprint density at radius 1 is 1.55 bits per heavy atom. The normalized spacial score (nSPS) is 17.2. The molecule has 1 heterocycles. The highest BCUT2D eigenvalue weighted by molar-refractivity contribution is 5.91. The third kappa shape index (κ3) is 3.95. The van der Waals surface area contributed by atoms with Crippen molar-refractivity contribution in [2.24, 2.45) is 0 Å². The molecule has 6 heteroatoms.